The minimum atomic E-state index is -0.607. The van der Waals surface area contributed by atoms with Gasteiger partial charge in [0.25, 0.3) is 5.56 Å². The smallest absolute Gasteiger partial charge is 0.268 e. The van der Waals surface area contributed by atoms with E-state index in [0.29, 0.717) is 12.2 Å². The van der Waals surface area contributed by atoms with Gasteiger partial charge >= 0.3 is 0 Å². The fourth-order valence-corrected chi connectivity index (χ4v) is 2.43. The predicted octanol–water partition coefficient (Wildman–Crippen LogP) is 2.85. The lowest BCUT2D eigenvalue weighted by atomic mass is 9.95. The van der Waals surface area contributed by atoms with E-state index in [-0.39, 0.29) is 22.5 Å². The van der Waals surface area contributed by atoms with Crippen molar-refractivity contribution in [1.82, 2.24) is 4.98 Å². The highest BCUT2D eigenvalue weighted by Gasteiger charge is 2.18. The number of hydrogen-bond donors (Lipinski definition) is 2. The van der Waals surface area contributed by atoms with E-state index in [2.05, 4.69) is 11.9 Å². The van der Waals surface area contributed by atoms with Crippen LogP contribution in [0.5, 0.6) is 5.75 Å². The molecule has 1 heterocycles. The molecule has 0 saturated carbocycles. The quantitative estimate of drug-likeness (QED) is 0.821. The van der Waals surface area contributed by atoms with E-state index < -0.39 is 5.56 Å². The number of aromatic amines is 1. The normalized spacial score (nSPS) is 10.0. The molecule has 6 nitrogen and oxygen atoms in total. The van der Waals surface area contributed by atoms with Crippen molar-refractivity contribution in [2.45, 2.75) is 26.7 Å². The summed E-state index contributed by atoms with van der Waals surface area (Å²) in [4.78, 5) is 14.3. The Kier molecular flexibility index (Phi) is 5.23. The van der Waals surface area contributed by atoms with Crippen LogP contribution in [0.4, 0.5) is 5.82 Å². The van der Waals surface area contributed by atoms with Crippen LogP contribution < -0.4 is 16.0 Å². The highest BCUT2D eigenvalue weighted by atomic mass is 16.5. The molecule has 3 N–H and O–H groups in total. The van der Waals surface area contributed by atoms with Gasteiger partial charge in [-0.25, -0.2) is 0 Å². The highest BCUT2D eigenvalue weighted by Crippen LogP contribution is 2.31. The molecule has 0 atom stereocenters. The van der Waals surface area contributed by atoms with E-state index in [0.717, 1.165) is 24.2 Å². The van der Waals surface area contributed by atoms with E-state index in [1.54, 1.807) is 18.2 Å². The summed E-state index contributed by atoms with van der Waals surface area (Å²) in [5, 5.41) is 18.6. The molecule has 6 heteroatoms. The average molecular weight is 322 g/mol. The molecule has 0 radical (unpaired) electrons. The van der Waals surface area contributed by atoms with Crippen LogP contribution in [0.3, 0.4) is 0 Å². The topological polar surface area (TPSA) is 116 Å². The number of aromatic nitrogens is 1. The van der Waals surface area contributed by atoms with Gasteiger partial charge in [0.05, 0.1) is 6.61 Å². The van der Waals surface area contributed by atoms with Crippen LogP contribution in [-0.2, 0) is 0 Å². The Balaban J connectivity index is 2.57. The minimum Gasteiger partial charge on any atom is -0.493 e. The summed E-state index contributed by atoms with van der Waals surface area (Å²) in [5.74, 6) is 0.694. The largest absolute Gasteiger partial charge is 0.493 e. The van der Waals surface area contributed by atoms with E-state index in [1.807, 2.05) is 19.1 Å². The molecular formula is C18H18N4O2. The molecule has 0 aliphatic rings. The number of pyridine rings is 1. The second kappa shape index (κ2) is 7.34. The molecule has 2 rings (SSSR count). The van der Waals surface area contributed by atoms with Crippen molar-refractivity contribution >= 4 is 5.82 Å². The molecule has 24 heavy (non-hydrogen) atoms. The van der Waals surface area contributed by atoms with Gasteiger partial charge in [-0.3, -0.25) is 4.79 Å². The number of nitrogens with one attached hydrogen (secondary N) is 1. The number of hydrogen-bond acceptors (Lipinski definition) is 5. The Hall–Kier alpha value is -3.25. The second-order valence-corrected chi connectivity index (χ2v) is 5.40. The zero-order chi connectivity index (χ0) is 17.7. The van der Waals surface area contributed by atoms with E-state index in [9.17, 15) is 15.3 Å². The standard InChI is InChI=1S/C18H18N4O2/c1-3-4-7-24-15-6-5-12(8-11(15)2)16-13(9-19)17(21)22-18(23)14(16)10-20/h5-6,8H,3-4,7H2,1-2H3,(H3,21,22,23). The van der Waals surface area contributed by atoms with Gasteiger partial charge in [0.2, 0.25) is 0 Å². The minimum absolute atomic E-state index is 0.0441. The lowest BCUT2D eigenvalue weighted by molar-refractivity contribution is 0.307. The molecule has 0 saturated heterocycles. The van der Waals surface area contributed by atoms with Crippen LogP contribution in [0, 0.1) is 29.6 Å². The molecule has 0 amide bonds. The third-order valence-electron chi connectivity index (χ3n) is 3.69. The Bertz CT molecular complexity index is 901. The van der Waals surface area contributed by atoms with Crippen LogP contribution in [-0.4, -0.2) is 11.6 Å². The van der Waals surface area contributed by atoms with Crippen molar-refractivity contribution in [2.24, 2.45) is 0 Å². The predicted molar refractivity (Wildman–Crippen MR) is 91.5 cm³/mol. The number of nitrogens with two attached hydrogens (primary N) is 1. The molecule has 0 bridgehead atoms. The van der Waals surface area contributed by atoms with E-state index in [4.69, 9.17) is 10.5 Å². The molecule has 0 aliphatic heterocycles. The Labute approximate surface area is 140 Å². The molecule has 0 aliphatic carbocycles. The number of nitrogens with zero attached hydrogens (tertiary/aromatic N) is 2. The highest BCUT2D eigenvalue weighted by molar-refractivity contribution is 5.80. The summed E-state index contributed by atoms with van der Waals surface area (Å²) >= 11 is 0. The van der Waals surface area contributed by atoms with Crippen molar-refractivity contribution in [3.8, 4) is 29.0 Å². The van der Waals surface area contributed by atoms with Crippen LogP contribution >= 0.6 is 0 Å². The third-order valence-corrected chi connectivity index (χ3v) is 3.69. The lowest BCUT2D eigenvalue weighted by Gasteiger charge is -2.12. The van der Waals surface area contributed by atoms with Gasteiger partial charge < -0.3 is 15.5 Å². The Morgan fingerprint density at radius 3 is 2.54 bits per heavy atom. The summed E-state index contributed by atoms with van der Waals surface area (Å²) in [5.41, 5.74) is 6.78. The molecule has 122 valence electrons. The molecule has 2 aromatic rings. The third kappa shape index (κ3) is 3.23. The van der Waals surface area contributed by atoms with Gasteiger partial charge in [-0.2, -0.15) is 10.5 Å². The first-order valence-corrected chi connectivity index (χ1v) is 7.63. The number of nitrogen functional groups attached to an aromatic ring is 1. The fourth-order valence-electron chi connectivity index (χ4n) is 2.43. The van der Waals surface area contributed by atoms with Crippen molar-refractivity contribution in [1.29, 1.82) is 10.5 Å². The number of aryl methyl sites for hydroxylation is 1. The van der Waals surface area contributed by atoms with Crippen molar-refractivity contribution in [2.75, 3.05) is 12.3 Å². The summed E-state index contributed by atoms with van der Waals surface area (Å²) in [6.07, 6.45) is 2.00. The first-order chi connectivity index (χ1) is 11.5. The number of ether oxygens (including phenoxy) is 1. The summed E-state index contributed by atoms with van der Waals surface area (Å²) < 4.78 is 5.71. The number of rotatable bonds is 5. The maximum Gasteiger partial charge on any atom is 0.268 e. The van der Waals surface area contributed by atoms with Crippen LogP contribution in [0.2, 0.25) is 0 Å². The van der Waals surface area contributed by atoms with Crippen molar-refractivity contribution < 1.29 is 4.74 Å². The van der Waals surface area contributed by atoms with E-state index in [1.165, 1.54) is 0 Å². The van der Waals surface area contributed by atoms with Gasteiger partial charge in [-0.15, -0.1) is 0 Å². The maximum atomic E-state index is 12.0. The van der Waals surface area contributed by atoms with Crippen LogP contribution in [0.15, 0.2) is 23.0 Å². The molecule has 0 spiro atoms. The number of H-pyrrole nitrogens is 1. The van der Waals surface area contributed by atoms with Crippen molar-refractivity contribution in [3.05, 3.63) is 45.2 Å². The van der Waals surface area contributed by atoms with Gasteiger partial charge in [0.1, 0.15) is 34.8 Å². The first kappa shape index (κ1) is 17.1. The molecule has 0 unspecified atom stereocenters. The SMILES string of the molecule is CCCCOc1ccc(-c2c(C#N)c(N)[nH]c(=O)c2C#N)cc1C. The Morgan fingerprint density at radius 2 is 1.96 bits per heavy atom. The average Bonchev–Trinajstić information content (AvgIpc) is 2.56. The summed E-state index contributed by atoms with van der Waals surface area (Å²) in [6.45, 7) is 4.59. The first-order valence-electron chi connectivity index (χ1n) is 7.63. The van der Waals surface area contributed by atoms with Crippen LogP contribution in [0.25, 0.3) is 11.1 Å². The zero-order valence-corrected chi connectivity index (χ0v) is 13.6. The second-order valence-electron chi connectivity index (χ2n) is 5.40. The molecular weight excluding hydrogens is 304 g/mol. The molecule has 1 aromatic heterocycles. The fraction of sp³-hybridized carbons (Fsp3) is 0.278. The monoisotopic (exact) mass is 322 g/mol. The van der Waals surface area contributed by atoms with Gasteiger partial charge in [0.15, 0.2) is 0 Å². The number of nitriles is 2. The van der Waals surface area contributed by atoms with Crippen LogP contribution in [0.1, 0.15) is 36.5 Å². The number of unbranched alkanes of at least 4 members (excludes halogenated alkanes) is 1. The van der Waals surface area contributed by atoms with Gasteiger partial charge in [-0.1, -0.05) is 19.4 Å². The summed E-state index contributed by atoms with van der Waals surface area (Å²) in [7, 11) is 0. The number of anilines is 1. The zero-order valence-electron chi connectivity index (χ0n) is 13.6. The lowest BCUT2D eigenvalue weighted by Crippen LogP contribution is -2.16. The summed E-state index contributed by atoms with van der Waals surface area (Å²) in [6, 6.07) is 9.11. The van der Waals surface area contributed by atoms with Gasteiger partial charge in [0, 0.05) is 5.56 Å². The molecule has 0 fully saturated rings. The Morgan fingerprint density at radius 1 is 1.25 bits per heavy atom. The molecule has 1 aromatic carbocycles. The van der Waals surface area contributed by atoms with Gasteiger partial charge in [-0.05, 0) is 36.6 Å². The number of benzene rings is 1. The van der Waals surface area contributed by atoms with E-state index >= 15 is 0 Å². The maximum absolute atomic E-state index is 12.0. The van der Waals surface area contributed by atoms with Crippen molar-refractivity contribution in [3.63, 3.8) is 0 Å².